The fraction of sp³-hybridized carbons (Fsp3) is 0.200. The zero-order chi connectivity index (χ0) is 13.4. The fourth-order valence-corrected chi connectivity index (χ4v) is 3.07. The number of nitrogens with zero attached hydrogens (tertiary/aromatic N) is 1. The van der Waals surface area contributed by atoms with Gasteiger partial charge in [-0.2, -0.15) is 0 Å². The van der Waals surface area contributed by atoms with Crippen molar-refractivity contribution in [2.45, 2.75) is 20.3 Å². The molecular weight excluding hydrogens is 256 g/mol. The van der Waals surface area contributed by atoms with Crippen LogP contribution >= 0.6 is 11.3 Å². The fourth-order valence-electron chi connectivity index (χ4n) is 2.26. The van der Waals surface area contributed by atoms with Crippen LogP contribution in [-0.2, 0) is 6.42 Å². The maximum absolute atomic E-state index is 12.3. The van der Waals surface area contributed by atoms with Crippen molar-refractivity contribution in [3.8, 4) is 10.4 Å². The summed E-state index contributed by atoms with van der Waals surface area (Å²) in [5.41, 5.74) is 1.91. The van der Waals surface area contributed by atoms with E-state index < -0.39 is 0 Å². The molecule has 1 N–H and O–H groups in total. The molecule has 96 valence electrons. The highest BCUT2D eigenvalue weighted by atomic mass is 32.1. The predicted octanol–water partition coefficient (Wildman–Crippen LogP) is 3.52. The first-order valence-corrected chi connectivity index (χ1v) is 7.08. The van der Waals surface area contributed by atoms with Gasteiger partial charge in [-0.3, -0.25) is 4.79 Å². The van der Waals surface area contributed by atoms with Crippen molar-refractivity contribution in [2.24, 2.45) is 0 Å². The quantitative estimate of drug-likeness (QED) is 0.774. The lowest BCUT2D eigenvalue weighted by atomic mass is 10.0. The Morgan fingerprint density at radius 3 is 2.89 bits per heavy atom. The largest absolute Gasteiger partial charge is 0.326 e. The Kier molecular flexibility index (Phi) is 2.95. The van der Waals surface area contributed by atoms with Crippen molar-refractivity contribution in [3.63, 3.8) is 0 Å². The third-order valence-corrected chi connectivity index (χ3v) is 4.14. The minimum absolute atomic E-state index is 0.0176. The molecule has 3 nitrogen and oxygen atoms in total. The number of fused-ring (bicyclic) bond motifs is 1. The molecule has 3 rings (SSSR count). The van der Waals surface area contributed by atoms with E-state index in [1.54, 1.807) is 11.3 Å². The van der Waals surface area contributed by atoms with Crippen LogP contribution in [0.15, 0.2) is 35.3 Å². The number of aryl methyl sites for hydroxylation is 2. The molecule has 1 aromatic carbocycles. The smallest absolute Gasteiger partial charge is 0.256 e. The molecule has 0 fully saturated rings. The monoisotopic (exact) mass is 270 g/mol. The minimum atomic E-state index is -0.0176. The van der Waals surface area contributed by atoms with Gasteiger partial charge in [0.1, 0.15) is 0 Å². The highest BCUT2D eigenvalue weighted by Crippen LogP contribution is 2.30. The van der Waals surface area contributed by atoms with Crippen molar-refractivity contribution >= 4 is 22.1 Å². The van der Waals surface area contributed by atoms with Crippen molar-refractivity contribution in [3.05, 3.63) is 51.5 Å². The number of rotatable bonds is 2. The molecule has 0 saturated heterocycles. The van der Waals surface area contributed by atoms with Crippen molar-refractivity contribution in [2.75, 3.05) is 0 Å². The molecule has 0 saturated carbocycles. The summed E-state index contributed by atoms with van der Waals surface area (Å²) in [5.74, 6) is 0. The van der Waals surface area contributed by atoms with Gasteiger partial charge in [0.2, 0.25) is 0 Å². The third kappa shape index (κ3) is 2.08. The van der Waals surface area contributed by atoms with Gasteiger partial charge in [0, 0.05) is 17.5 Å². The molecule has 0 amide bonds. The van der Waals surface area contributed by atoms with Gasteiger partial charge in [0.05, 0.1) is 15.3 Å². The Hall–Kier alpha value is -1.94. The van der Waals surface area contributed by atoms with E-state index in [9.17, 15) is 4.79 Å². The predicted molar refractivity (Wildman–Crippen MR) is 79.8 cm³/mol. The average Bonchev–Trinajstić information content (AvgIpc) is 2.84. The summed E-state index contributed by atoms with van der Waals surface area (Å²) >= 11 is 1.61. The summed E-state index contributed by atoms with van der Waals surface area (Å²) in [6.07, 6.45) is 2.66. The third-order valence-electron chi connectivity index (χ3n) is 3.20. The SMILES string of the molecule is CCc1cc2cccc(-c3cnc(C)s3)c2c(=O)[nH]1. The Morgan fingerprint density at radius 2 is 2.21 bits per heavy atom. The van der Waals surface area contributed by atoms with Gasteiger partial charge in [-0.25, -0.2) is 4.98 Å². The van der Waals surface area contributed by atoms with Gasteiger partial charge in [-0.05, 0) is 24.8 Å². The molecule has 0 unspecified atom stereocenters. The Bertz CT molecular complexity index is 801. The number of hydrogen-bond acceptors (Lipinski definition) is 3. The van der Waals surface area contributed by atoms with Gasteiger partial charge >= 0.3 is 0 Å². The van der Waals surface area contributed by atoms with Crippen LogP contribution in [0.1, 0.15) is 17.6 Å². The van der Waals surface area contributed by atoms with E-state index in [4.69, 9.17) is 0 Å². The number of benzene rings is 1. The van der Waals surface area contributed by atoms with E-state index >= 15 is 0 Å². The standard InChI is InChI=1S/C15H14N2OS/c1-3-11-7-10-5-4-6-12(14(10)15(18)17-11)13-8-16-9(2)19-13/h4-8H,3H2,1-2H3,(H,17,18). The molecule has 0 aliphatic carbocycles. The van der Waals surface area contributed by atoms with Crippen LogP contribution < -0.4 is 5.56 Å². The second-order valence-corrected chi connectivity index (χ2v) is 5.73. The number of thiazole rings is 1. The zero-order valence-corrected chi connectivity index (χ0v) is 11.7. The van der Waals surface area contributed by atoms with E-state index in [1.165, 1.54) is 0 Å². The number of aromatic nitrogens is 2. The normalized spacial score (nSPS) is 11.1. The first-order chi connectivity index (χ1) is 9.19. The number of aromatic amines is 1. The van der Waals surface area contributed by atoms with Crippen molar-refractivity contribution in [1.29, 1.82) is 0 Å². The van der Waals surface area contributed by atoms with Crippen LogP contribution in [0.25, 0.3) is 21.2 Å². The first kappa shape index (κ1) is 12.1. The highest BCUT2D eigenvalue weighted by molar-refractivity contribution is 7.15. The molecule has 3 aromatic rings. The molecule has 4 heteroatoms. The second-order valence-electron chi connectivity index (χ2n) is 4.49. The van der Waals surface area contributed by atoms with Crippen LogP contribution in [0.4, 0.5) is 0 Å². The van der Waals surface area contributed by atoms with Crippen LogP contribution in [0, 0.1) is 6.92 Å². The summed E-state index contributed by atoms with van der Waals surface area (Å²) in [6, 6.07) is 8.01. The van der Waals surface area contributed by atoms with E-state index in [2.05, 4.69) is 9.97 Å². The Balaban J connectivity index is 2.35. The van der Waals surface area contributed by atoms with Gasteiger partial charge in [-0.15, -0.1) is 11.3 Å². The lowest BCUT2D eigenvalue weighted by Gasteiger charge is -2.05. The zero-order valence-electron chi connectivity index (χ0n) is 10.9. The molecule has 0 aliphatic heterocycles. The minimum Gasteiger partial charge on any atom is -0.326 e. The van der Waals surface area contributed by atoms with E-state index in [1.807, 2.05) is 44.3 Å². The van der Waals surface area contributed by atoms with Crippen LogP contribution in [0.5, 0.6) is 0 Å². The number of nitrogens with one attached hydrogen (secondary N) is 1. The van der Waals surface area contributed by atoms with Gasteiger partial charge in [0.15, 0.2) is 0 Å². The summed E-state index contributed by atoms with van der Waals surface area (Å²) in [5, 5.41) is 2.75. The maximum Gasteiger partial charge on any atom is 0.256 e. The molecule has 0 atom stereocenters. The first-order valence-electron chi connectivity index (χ1n) is 6.26. The molecule has 2 heterocycles. The average molecular weight is 270 g/mol. The molecule has 0 radical (unpaired) electrons. The molecule has 0 aliphatic rings. The lowest BCUT2D eigenvalue weighted by molar-refractivity contribution is 1.03. The maximum atomic E-state index is 12.3. The lowest BCUT2D eigenvalue weighted by Crippen LogP contribution is -2.09. The van der Waals surface area contributed by atoms with E-state index in [0.717, 1.165) is 38.3 Å². The van der Waals surface area contributed by atoms with Gasteiger partial charge in [-0.1, -0.05) is 25.1 Å². The Labute approximate surface area is 115 Å². The Morgan fingerprint density at radius 1 is 1.37 bits per heavy atom. The number of H-pyrrole nitrogens is 1. The number of hydrogen-bond donors (Lipinski definition) is 1. The summed E-state index contributed by atoms with van der Waals surface area (Å²) in [7, 11) is 0. The van der Waals surface area contributed by atoms with Gasteiger partial charge in [0.25, 0.3) is 5.56 Å². The summed E-state index contributed by atoms with van der Waals surface area (Å²) in [4.78, 5) is 20.5. The second kappa shape index (κ2) is 4.63. The van der Waals surface area contributed by atoms with E-state index in [-0.39, 0.29) is 5.56 Å². The molecule has 19 heavy (non-hydrogen) atoms. The van der Waals surface area contributed by atoms with Crippen LogP contribution in [0.3, 0.4) is 0 Å². The van der Waals surface area contributed by atoms with E-state index in [0.29, 0.717) is 0 Å². The molecule has 0 spiro atoms. The summed E-state index contributed by atoms with van der Waals surface area (Å²) < 4.78 is 0. The van der Waals surface area contributed by atoms with Gasteiger partial charge < -0.3 is 4.98 Å². The van der Waals surface area contributed by atoms with Crippen LogP contribution in [0.2, 0.25) is 0 Å². The molecule has 0 bridgehead atoms. The topological polar surface area (TPSA) is 45.8 Å². The number of pyridine rings is 1. The molecule has 2 aromatic heterocycles. The van der Waals surface area contributed by atoms with Crippen molar-refractivity contribution in [1.82, 2.24) is 9.97 Å². The van der Waals surface area contributed by atoms with Crippen LogP contribution in [-0.4, -0.2) is 9.97 Å². The van der Waals surface area contributed by atoms with Crippen molar-refractivity contribution < 1.29 is 0 Å². The molecular formula is C15H14N2OS. The summed E-state index contributed by atoms with van der Waals surface area (Å²) in [6.45, 7) is 4.01. The highest BCUT2D eigenvalue weighted by Gasteiger charge is 2.10.